The van der Waals surface area contributed by atoms with Crippen LogP contribution in [0, 0.1) is 0 Å². The number of nitrogen functional groups attached to an aromatic ring is 1. The van der Waals surface area contributed by atoms with Crippen LogP contribution in [0.1, 0.15) is 36.8 Å². The van der Waals surface area contributed by atoms with Crippen LogP contribution in [0.15, 0.2) is 85.2 Å². The Kier molecular flexibility index (Phi) is 20.7. The highest BCUT2D eigenvalue weighted by atomic mass is 35.5. The van der Waals surface area contributed by atoms with Gasteiger partial charge in [0, 0.05) is 68.6 Å². The van der Waals surface area contributed by atoms with Gasteiger partial charge in [0.1, 0.15) is 23.8 Å². The third kappa shape index (κ3) is 14.2. The molecule has 4 atom stereocenters. The van der Waals surface area contributed by atoms with Crippen LogP contribution in [-0.4, -0.2) is 113 Å². The van der Waals surface area contributed by atoms with Crippen LogP contribution in [0.3, 0.4) is 0 Å². The number of urea groups is 1. The summed E-state index contributed by atoms with van der Waals surface area (Å²) in [5.74, 6) is 1.68. The van der Waals surface area contributed by atoms with Gasteiger partial charge in [0.15, 0.2) is 11.6 Å². The minimum atomic E-state index is -4.52. The SMILES string of the molecule is FC(F)(F)c1cccc(-c2nc3c(cc2Cl)N2CC[C@@H](C2)N3)c1.Nc1ccnc(O[C@H]2CCOC2)n1.O=C(Nc1ccnc(O[C@H]2CCOC2)n1)N1c2nc(-c3cccc(C(F)(F)F)c3)c(Cl)cc2N2CC[C@H]1C2.S.S.S.S. The Balaban J connectivity index is 0.000000209. The molecule has 0 spiro atoms. The third-order valence-electron chi connectivity index (χ3n) is 12.8. The molecule has 6 aromatic rings. The standard InChI is InChI=1S/C25H22ClF3N6O3.C16H13ClF3N3.C8H11N3O2.4H2S/c26-18-11-19-22(33-21(18)14-2-1-3-15(10-14)25(27,28)29)35(16-5-8-34(19)12-16)24(36)32-20-4-7-30-23(31-20)38-17-6-9-37-13-17;17-12-7-13-15(21-11-4-5-23(13)8-11)22-14(12)9-2-1-3-10(6-9)16(18,19)20;9-7-1-3-10-8(11-7)13-6-2-4-12-5-6;;;;/h1-4,7,10-11,16-17H,5-6,8-9,12-13H2,(H,30,31,32,36);1-3,6-7,11H,4-5,8H2,(H,21,22);1,3,6H,2,4-5H2,(H2,9,10,11);4*1H2/t16-,17-;11-;6-;;;;/m000..../s1. The average Bonchev–Trinajstić information content (AvgIpc) is 4.32. The highest BCUT2D eigenvalue weighted by molar-refractivity contribution is 7.59. The molecule has 2 amide bonds. The van der Waals surface area contributed by atoms with Gasteiger partial charge in [-0.15, -0.1) is 0 Å². The second-order valence-corrected chi connectivity index (χ2v) is 18.8. The summed E-state index contributed by atoms with van der Waals surface area (Å²) in [6.45, 7) is 5.53. The van der Waals surface area contributed by atoms with E-state index in [1.165, 1.54) is 29.3 Å². The van der Waals surface area contributed by atoms with Crippen LogP contribution in [0.25, 0.3) is 22.5 Å². The normalized spacial score (nSPS) is 19.3. The minimum Gasteiger partial charge on any atom is -0.458 e. The fourth-order valence-electron chi connectivity index (χ4n) is 9.25. The van der Waals surface area contributed by atoms with Gasteiger partial charge >= 0.3 is 30.4 Å². The van der Waals surface area contributed by atoms with Crippen LogP contribution in [-0.2, 0) is 21.8 Å². The molecule has 4 N–H and O–H groups in total. The topological polar surface area (TPSA) is 191 Å². The molecule has 0 unspecified atom stereocenters. The number of fused-ring (bicyclic) bond motifs is 8. The number of carbonyl (C=O) groups excluding carboxylic acids is 1. The predicted octanol–water partition coefficient (Wildman–Crippen LogP) is 10.1. The lowest BCUT2D eigenvalue weighted by Crippen LogP contribution is -2.48. The van der Waals surface area contributed by atoms with Gasteiger partial charge in [0.05, 0.1) is 76.4 Å². The lowest BCUT2D eigenvalue weighted by Gasteiger charge is -2.36. The summed E-state index contributed by atoms with van der Waals surface area (Å²) in [6, 6.07) is 16.6. The van der Waals surface area contributed by atoms with Gasteiger partial charge < -0.3 is 39.8 Å². The van der Waals surface area contributed by atoms with Crippen molar-refractivity contribution < 1.29 is 50.1 Å². The van der Waals surface area contributed by atoms with Crippen LogP contribution >= 0.6 is 77.2 Å². The van der Waals surface area contributed by atoms with E-state index in [1.807, 2.05) is 0 Å². The fourth-order valence-corrected chi connectivity index (χ4v) is 9.76. The summed E-state index contributed by atoms with van der Waals surface area (Å²) in [5, 5.41) is 6.68. The second-order valence-electron chi connectivity index (χ2n) is 18.0. The van der Waals surface area contributed by atoms with Crippen molar-refractivity contribution in [1.82, 2.24) is 29.9 Å². The maximum atomic E-state index is 13.5. The molecule has 4 bridgehead atoms. The number of nitrogens with zero attached hydrogens (tertiary/aromatic N) is 9. The zero-order chi connectivity index (χ0) is 51.7. The number of pyridine rings is 2. The second kappa shape index (κ2) is 26.2. The number of rotatable bonds is 7. The number of carbonyl (C=O) groups is 1. The molecule has 0 aliphatic carbocycles. The first-order valence-corrected chi connectivity index (χ1v) is 24.3. The summed E-state index contributed by atoms with van der Waals surface area (Å²) < 4.78 is 100. The van der Waals surface area contributed by atoms with Crippen molar-refractivity contribution in [1.29, 1.82) is 0 Å². The van der Waals surface area contributed by atoms with Gasteiger partial charge in [-0.3, -0.25) is 10.2 Å². The number of halogens is 8. The molecule has 29 heteroatoms. The molecule has 6 aliphatic rings. The van der Waals surface area contributed by atoms with Crippen molar-refractivity contribution >= 4 is 118 Å². The Bertz CT molecular complexity index is 3040. The van der Waals surface area contributed by atoms with Crippen LogP contribution in [0.2, 0.25) is 10.0 Å². The molecule has 78 heavy (non-hydrogen) atoms. The van der Waals surface area contributed by atoms with Gasteiger partial charge in [0.25, 0.3) is 0 Å². The van der Waals surface area contributed by atoms with E-state index in [4.69, 9.17) is 47.9 Å². The first-order chi connectivity index (χ1) is 35.5. The molecular weight excluding hydrogens is 1150 g/mol. The largest absolute Gasteiger partial charge is 0.458 e. The Morgan fingerprint density at radius 1 is 0.679 bits per heavy atom. The number of hydrogen-bond donors (Lipinski definition) is 3. The number of aromatic nitrogens is 6. The first-order valence-electron chi connectivity index (χ1n) is 23.6. The molecule has 12 rings (SSSR count). The number of nitrogens with one attached hydrogen (secondary N) is 2. The highest BCUT2D eigenvalue weighted by Crippen LogP contribution is 2.45. The van der Waals surface area contributed by atoms with E-state index in [9.17, 15) is 31.1 Å². The lowest BCUT2D eigenvalue weighted by atomic mass is 10.1. The Morgan fingerprint density at radius 3 is 1.81 bits per heavy atom. The Morgan fingerprint density at radius 2 is 1.23 bits per heavy atom. The molecule has 6 aliphatic heterocycles. The predicted molar refractivity (Wildman–Crippen MR) is 305 cm³/mol. The molecule has 0 saturated carbocycles. The summed E-state index contributed by atoms with van der Waals surface area (Å²) >= 11 is 12.8. The zero-order valence-corrected chi connectivity index (χ0v) is 46.6. The minimum absolute atomic E-state index is 0. The number of benzene rings is 2. The zero-order valence-electron chi connectivity index (χ0n) is 41.0. The fraction of sp³-hybridized carbons (Fsp3) is 0.367. The van der Waals surface area contributed by atoms with E-state index in [1.54, 1.807) is 36.5 Å². The van der Waals surface area contributed by atoms with Gasteiger partial charge in [-0.2, -0.15) is 90.3 Å². The lowest BCUT2D eigenvalue weighted by molar-refractivity contribution is -0.138. The van der Waals surface area contributed by atoms with E-state index in [-0.39, 0.29) is 100 Å². The number of alkyl halides is 6. The summed E-state index contributed by atoms with van der Waals surface area (Å²) in [6.07, 6.45) is -2.59. The Labute approximate surface area is 482 Å². The van der Waals surface area contributed by atoms with Crippen LogP contribution < -0.4 is 40.5 Å². The third-order valence-corrected chi connectivity index (χ3v) is 13.4. The smallest absolute Gasteiger partial charge is 0.416 e. The van der Waals surface area contributed by atoms with Crippen molar-refractivity contribution in [2.45, 2.75) is 62.3 Å². The van der Waals surface area contributed by atoms with E-state index in [0.29, 0.717) is 90.8 Å². The molecule has 4 saturated heterocycles. The molecule has 2 aromatic carbocycles. The van der Waals surface area contributed by atoms with Gasteiger partial charge in [-0.1, -0.05) is 47.5 Å². The monoisotopic (exact) mass is 1200 g/mol. The van der Waals surface area contributed by atoms with Crippen molar-refractivity contribution in [2.75, 3.05) is 83.7 Å². The van der Waals surface area contributed by atoms with Crippen molar-refractivity contribution in [2.24, 2.45) is 0 Å². The summed E-state index contributed by atoms with van der Waals surface area (Å²) in [7, 11) is 0. The Hall–Kier alpha value is -5.55. The molecular formula is C49H54Cl2F6N12O5S4. The maximum absolute atomic E-state index is 13.5. The van der Waals surface area contributed by atoms with Gasteiger partial charge in [-0.05, 0) is 61.4 Å². The molecule has 17 nitrogen and oxygen atoms in total. The molecule has 420 valence electrons. The van der Waals surface area contributed by atoms with Crippen molar-refractivity contribution in [3.63, 3.8) is 0 Å². The van der Waals surface area contributed by atoms with Gasteiger partial charge in [0.2, 0.25) is 0 Å². The molecule has 0 radical (unpaired) electrons. The van der Waals surface area contributed by atoms with Crippen molar-refractivity contribution in [3.8, 4) is 34.5 Å². The first kappa shape index (κ1) is 61.7. The number of amides is 2. The van der Waals surface area contributed by atoms with Crippen LogP contribution in [0.5, 0.6) is 12.0 Å². The molecule has 10 heterocycles. The van der Waals surface area contributed by atoms with Crippen LogP contribution in [0.4, 0.5) is 65.8 Å². The summed E-state index contributed by atoms with van der Waals surface area (Å²) in [4.78, 5) is 44.7. The maximum Gasteiger partial charge on any atom is 0.416 e. The van der Waals surface area contributed by atoms with Crippen molar-refractivity contribution in [3.05, 3.63) is 106 Å². The van der Waals surface area contributed by atoms with E-state index in [0.717, 1.165) is 68.9 Å². The number of hydrogen-bond acceptors (Lipinski definition) is 15. The highest BCUT2D eigenvalue weighted by Gasteiger charge is 2.42. The van der Waals surface area contributed by atoms with E-state index < -0.39 is 29.5 Å². The quantitative estimate of drug-likeness (QED) is 0.128. The molecule has 4 fully saturated rings. The van der Waals surface area contributed by atoms with E-state index >= 15 is 0 Å². The number of anilines is 6. The van der Waals surface area contributed by atoms with E-state index in [2.05, 4.69) is 50.3 Å². The average molecular weight is 1200 g/mol. The number of ether oxygens (including phenoxy) is 4. The number of nitrogens with two attached hydrogens (primary N) is 1. The molecule has 4 aromatic heterocycles. The van der Waals surface area contributed by atoms with Gasteiger partial charge in [-0.25, -0.2) is 24.7 Å². The summed E-state index contributed by atoms with van der Waals surface area (Å²) in [5.41, 5.74) is 6.61.